The Balaban J connectivity index is 1.71. The number of ether oxygens (including phenoxy) is 2. The van der Waals surface area contributed by atoms with Gasteiger partial charge in [0.1, 0.15) is 0 Å². The van der Waals surface area contributed by atoms with E-state index in [4.69, 9.17) is 9.47 Å². The molecule has 0 bridgehead atoms. The minimum atomic E-state index is -0.328. The van der Waals surface area contributed by atoms with Gasteiger partial charge < -0.3 is 14.8 Å². The highest BCUT2D eigenvalue weighted by atomic mass is 32.2. The number of thioether (sulfide) groups is 1. The predicted molar refractivity (Wildman–Crippen MR) is 78.8 cm³/mol. The highest BCUT2D eigenvalue weighted by Gasteiger charge is 2.45. The van der Waals surface area contributed by atoms with E-state index >= 15 is 0 Å². The van der Waals surface area contributed by atoms with Crippen LogP contribution in [-0.2, 0) is 16.5 Å². The number of hydrogen-bond acceptors (Lipinski definition) is 5. The van der Waals surface area contributed by atoms with Gasteiger partial charge in [0, 0.05) is 42.3 Å². The van der Waals surface area contributed by atoms with Crippen LogP contribution in [0.3, 0.4) is 0 Å². The monoisotopic (exact) mass is 297 g/mol. The lowest BCUT2D eigenvalue weighted by Gasteiger charge is -2.40. The van der Waals surface area contributed by atoms with Crippen molar-refractivity contribution in [3.63, 3.8) is 0 Å². The van der Waals surface area contributed by atoms with Crippen molar-refractivity contribution in [1.82, 2.24) is 15.1 Å². The first-order valence-electron chi connectivity index (χ1n) is 7.37. The zero-order chi connectivity index (χ0) is 14.0. The largest absolute Gasteiger partial charge is 0.347 e. The summed E-state index contributed by atoms with van der Waals surface area (Å²) in [7, 11) is 1.96. The highest BCUT2D eigenvalue weighted by molar-refractivity contribution is 8.00. The third-order valence-corrected chi connectivity index (χ3v) is 5.33. The standard InChI is InChI=1S/C14H23N3O2S/c1-3-15-12-4-5-14(18-6-7-19-14)8-13(12)20-11-9-16-17(2)10-11/h9-10,12-13,15H,3-8H2,1-2H3. The maximum Gasteiger partial charge on any atom is 0.169 e. The van der Waals surface area contributed by atoms with E-state index in [1.54, 1.807) is 0 Å². The molecular formula is C14H23N3O2S. The maximum atomic E-state index is 5.90. The van der Waals surface area contributed by atoms with E-state index in [1.807, 2.05) is 29.7 Å². The first kappa shape index (κ1) is 14.4. The zero-order valence-electron chi connectivity index (χ0n) is 12.2. The van der Waals surface area contributed by atoms with Gasteiger partial charge in [0.15, 0.2) is 5.79 Å². The summed E-state index contributed by atoms with van der Waals surface area (Å²) in [5.41, 5.74) is 0. The van der Waals surface area contributed by atoms with Crippen LogP contribution in [0.1, 0.15) is 26.2 Å². The van der Waals surface area contributed by atoms with E-state index in [0.29, 0.717) is 11.3 Å². The van der Waals surface area contributed by atoms with Crippen molar-refractivity contribution in [3.05, 3.63) is 12.4 Å². The lowest BCUT2D eigenvalue weighted by Crippen LogP contribution is -2.49. The van der Waals surface area contributed by atoms with Gasteiger partial charge in [0.05, 0.1) is 19.4 Å². The normalized spacial score (nSPS) is 29.1. The number of aryl methyl sites for hydroxylation is 1. The Morgan fingerprint density at radius 2 is 2.30 bits per heavy atom. The molecule has 2 atom stereocenters. The summed E-state index contributed by atoms with van der Waals surface area (Å²) in [6.07, 6.45) is 7.06. The highest BCUT2D eigenvalue weighted by Crippen LogP contribution is 2.42. The molecule has 112 valence electrons. The Hall–Kier alpha value is -0.560. The molecule has 2 heterocycles. The number of aromatic nitrogens is 2. The molecule has 1 spiro atoms. The molecule has 2 aliphatic rings. The molecule has 2 unspecified atom stereocenters. The third kappa shape index (κ3) is 3.03. The van der Waals surface area contributed by atoms with Crippen molar-refractivity contribution >= 4 is 11.8 Å². The van der Waals surface area contributed by atoms with Crippen molar-refractivity contribution in [1.29, 1.82) is 0 Å². The molecule has 3 rings (SSSR count). The van der Waals surface area contributed by atoms with Crippen molar-refractivity contribution in [3.8, 4) is 0 Å². The van der Waals surface area contributed by atoms with Gasteiger partial charge in [-0.25, -0.2) is 0 Å². The van der Waals surface area contributed by atoms with E-state index in [2.05, 4.69) is 23.5 Å². The van der Waals surface area contributed by atoms with Crippen LogP contribution >= 0.6 is 11.8 Å². The van der Waals surface area contributed by atoms with Gasteiger partial charge in [-0.3, -0.25) is 4.68 Å². The molecule has 1 aromatic rings. The van der Waals surface area contributed by atoms with Gasteiger partial charge in [-0.15, -0.1) is 11.8 Å². The Labute approximate surface area is 124 Å². The smallest absolute Gasteiger partial charge is 0.169 e. The fraction of sp³-hybridized carbons (Fsp3) is 0.786. The SMILES string of the molecule is CCNC1CCC2(CC1Sc1cnn(C)c1)OCCO2. The van der Waals surface area contributed by atoms with Crippen molar-refractivity contribution in [2.45, 2.75) is 48.2 Å². The Kier molecular flexibility index (Phi) is 4.35. The molecule has 0 radical (unpaired) electrons. The molecule has 1 saturated heterocycles. The van der Waals surface area contributed by atoms with E-state index in [9.17, 15) is 0 Å². The lowest BCUT2D eigenvalue weighted by molar-refractivity contribution is -0.178. The summed E-state index contributed by atoms with van der Waals surface area (Å²) in [6, 6.07) is 0.517. The van der Waals surface area contributed by atoms with Gasteiger partial charge in [0.2, 0.25) is 0 Å². The second-order valence-corrected chi connectivity index (χ2v) is 6.83. The summed E-state index contributed by atoms with van der Waals surface area (Å²) in [4.78, 5) is 1.22. The first-order valence-corrected chi connectivity index (χ1v) is 8.25. The Morgan fingerprint density at radius 3 is 2.95 bits per heavy atom. The minimum absolute atomic E-state index is 0.328. The average molecular weight is 297 g/mol. The molecule has 20 heavy (non-hydrogen) atoms. The molecule has 1 N–H and O–H groups in total. The third-order valence-electron chi connectivity index (χ3n) is 4.05. The van der Waals surface area contributed by atoms with Crippen LogP contribution in [0.2, 0.25) is 0 Å². The van der Waals surface area contributed by atoms with Crippen molar-refractivity contribution in [2.75, 3.05) is 19.8 Å². The van der Waals surface area contributed by atoms with Crippen LogP contribution in [0.25, 0.3) is 0 Å². The summed E-state index contributed by atoms with van der Waals surface area (Å²) in [5, 5.41) is 8.33. The number of hydrogen-bond donors (Lipinski definition) is 1. The van der Waals surface area contributed by atoms with Crippen molar-refractivity contribution < 1.29 is 9.47 Å². The summed E-state index contributed by atoms with van der Waals surface area (Å²) in [6.45, 7) is 4.63. The van der Waals surface area contributed by atoms with Crippen LogP contribution in [-0.4, -0.2) is 46.6 Å². The summed E-state index contributed by atoms with van der Waals surface area (Å²) >= 11 is 1.89. The van der Waals surface area contributed by atoms with E-state index in [-0.39, 0.29) is 5.79 Å². The zero-order valence-corrected chi connectivity index (χ0v) is 13.0. The molecular weight excluding hydrogens is 274 g/mol. The van der Waals surface area contributed by atoms with Crippen LogP contribution in [0.15, 0.2) is 17.3 Å². The second-order valence-electron chi connectivity index (χ2n) is 5.52. The second kappa shape index (κ2) is 6.05. The summed E-state index contributed by atoms with van der Waals surface area (Å²) in [5.74, 6) is -0.328. The fourth-order valence-electron chi connectivity index (χ4n) is 3.13. The number of nitrogens with one attached hydrogen (secondary N) is 1. The first-order chi connectivity index (χ1) is 9.71. The van der Waals surface area contributed by atoms with Crippen LogP contribution in [0.5, 0.6) is 0 Å². The molecule has 1 saturated carbocycles. The topological polar surface area (TPSA) is 48.3 Å². The van der Waals surface area contributed by atoms with Crippen LogP contribution in [0, 0.1) is 0 Å². The van der Waals surface area contributed by atoms with Gasteiger partial charge in [0.25, 0.3) is 0 Å². The molecule has 1 aliphatic carbocycles. The van der Waals surface area contributed by atoms with Gasteiger partial charge >= 0.3 is 0 Å². The molecule has 0 amide bonds. The molecule has 1 aliphatic heterocycles. The number of nitrogens with zero attached hydrogens (tertiary/aromatic N) is 2. The van der Waals surface area contributed by atoms with E-state index < -0.39 is 0 Å². The Morgan fingerprint density at radius 1 is 1.50 bits per heavy atom. The maximum absolute atomic E-state index is 5.90. The van der Waals surface area contributed by atoms with Crippen LogP contribution < -0.4 is 5.32 Å². The molecule has 0 aromatic carbocycles. The molecule has 2 fully saturated rings. The van der Waals surface area contributed by atoms with E-state index in [1.165, 1.54) is 4.90 Å². The molecule has 5 nitrogen and oxygen atoms in total. The molecule has 1 aromatic heterocycles. The predicted octanol–water partition coefficient (Wildman–Crippen LogP) is 1.79. The van der Waals surface area contributed by atoms with Crippen molar-refractivity contribution in [2.24, 2.45) is 7.05 Å². The Bertz CT molecular complexity index is 445. The van der Waals surface area contributed by atoms with Gasteiger partial charge in [-0.2, -0.15) is 5.10 Å². The van der Waals surface area contributed by atoms with E-state index in [0.717, 1.165) is 39.0 Å². The quantitative estimate of drug-likeness (QED) is 0.918. The summed E-state index contributed by atoms with van der Waals surface area (Å²) < 4.78 is 13.6. The minimum Gasteiger partial charge on any atom is -0.347 e. The average Bonchev–Trinajstić information content (AvgIpc) is 3.04. The van der Waals surface area contributed by atoms with Gasteiger partial charge in [-0.1, -0.05) is 6.92 Å². The lowest BCUT2D eigenvalue weighted by atomic mass is 9.89. The fourth-order valence-corrected chi connectivity index (χ4v) is 4.53. The molecule has 6 heteroatoms. The van der Waals surface area contributed by atoms with Gasteiger partial charge in [-0.05, 0) is 13.0 Å². The number of rotatable bonds is 4. The van der Waals surface area contributed by atoms with Crippen LogP contribution in [0.4, 0.5) is 0 Å².